The van der Waals surface area contributed by atoms with E-state index in [1.54, 1.807) is 0 Å². The molecule has 0 radical (unpaired) electrons. The first-order valence-corrected chi connectivity index (χ1v) is 12.5. The van der Waals surface area contributed by atoms with Gasteiger partial charge in [0.2, 0.25) is 10.0 Å². The Kier molecular flexibility index (Phi) is 7.38. The molecule has 0 aliphatic heterocycles. The Morgan fingerprint density at radius 1 is 1.17 bits per heavy atom. The largest absolute Gasteiger partial charge is 0.330 e. The lowest BCUT2D eigenvalue weighted by molar-refractivity contribution is 0.196. The van der Waals surface area contributed by atoms with Gasteiger partial charge in [0.15, 0.2) is 0 Å². The van der Waals surface area contributed by atoms with Crippen LogP contribution in [-0.2, 0) is 22.0 Å². The molecule has 0 spiro atoms. The Bertz CT molecular complexity index is 909. The van der Waals surface area contributed by atoms with E-state index in [4.69, 9.17) is 17.3 Å². The van der Waals surface area contributed by atoms with Gasteiger partial charge in [-0.25, -0.2) is 13.1 Å². The van der Waals surface area contributed by atoms with Crippen LogP contribution in [-0.4, -0.2) is 20.7 Å². The number of hydrogen-bond acceptors (Lipinski definition) is 3. The third-order valence-corrected chi connectivity index (χ3v) is 7.85. The van der Waals surface area contributed by atoms with E-state index in [2.05, 4.69) is 29.0 Å². The summed E-state index contributed by atoms with van der Waals surface area (Å²) in [7, 11) is -3.24. The molecule has 2 aromatic carbocycles. The van der Waals surface area contributed by atoms with Gasteiger partial charge >= 0.3 is 0 Å². The van der Waals surface area contributed by atoms with Crippen LogP contribution in [0.15, 0.2) is 48.5 Å². The predicted octanol–water partition coefficient (Wildman–Crippen LogP) is 4.72. The van der Waals surface area contributed by atoms with Crippen molar-refractivity contribution in [3.63, 3.8) is 0 Å². The summed E-state index contributed by atoms with van der Waals surface area (Å²) in [4.78, 5) is 0. The second-order valence-electron chi connectivity index (χ2n) is 8.04. The standard InChI is InChI=1S/C23H31ClN2O2S/c1-2-3-14-29(27,28)26-17-18-6-4-7-19(15-18)22(16-25)23(12-5-13-23)20-8-10-21(24)11-9-20/h4,6-11,15,22,26H,2-3,5,12-14,16-17,25H2,1H3. The van der Waals surface area contributed by atoms with Crippen LogP contribution in [0.5, 0.6) is 0 Å². The number of benzene rings is 2. The molecule has 1 unspecified atom stereocenters. The summed E-state index contributed by atoms with van der Waals surface area (Å²) in [5.74, 6) is 0.364. The van der Waals surface area contributed by atoms with Crippen molar-refractivity contribution in [3.8, 4) is 0 Å². The summed E-state index contributed by atoms with van der Waals surface area (Å²) in [5.41, 5.74) is 9.73. The maximum absolute atomic E-state index is 12.1. The average molecular weight is 435 g/mol. The molecule has 158 valence electrons. The van der Waals surface area contributed by atoms with Gasteiger partial charge in [-0.1, -0.05) is 67.8 Å². The molecule has 3 rings (SSSR count). The number of nitrogens with one attached hydrogen (secondary N) is 1. The van der Waals surface area contributed by atoms with Crippen LogP contribution < -0.4 is 10.5 Å². The quantitative estimate of drug-likeness (QED) is 0.568. The molecule has 1 saturated carbocycles. The lowest BCUT2D eigenvalue weighted by Gasteiger charge is -2.48. The van der Waals surface area contributed by atoms with Crippen molar-refractivity contribution < 1.29 is 8.42 Å². The highest BCUT2D eigenvalue weighted by Crippen LogP contribution is 2.53. The molecule has 0 saturated heterocycles. The molecule has 2 aromatic rings. The van der Waals surface area contributed by atoms with Gasteiger partial charge in [-0.15, -0.1) is 0 Å². The van der Waals surface area contributed by atoms with Gasteiger partial charge in [0.1, 0.15) is 0 Å². The zero-order valence-electron chi connectivity index (χ0n) is 17.0. The predicted molar refractivity (Wildman–Crippen MR) is 121 cm³/mol. The topological polar surface area (TPSA) is 72.2 Å². The first-order valence-electron chi connectivity index (χ1n) is 10.4. The molecule has 0 aromatic heterocycles. The Morgan fingerprint density at radius 3 is 2.48 bits per heavy atom. The molecular formula is C23H31ClN2O2S. The van der Waals surface area contributed by atoms with E-state index in [1.165, 1.54) is 17.5 Å². The summed E-state index contributed by atoms with van der Waals surface area (Å²) in [6, 6.07) is 16.3. The molecule has 29 heavy (non-hydrogen) atoms. The van der Waals surface area contributed by atoms with Crippen molar-refractivity contribution in [2.24, 2.45) is 5.73 Å². The number of hydrogen-bond donors (Lipinski definition) is 2. The van der Waals surface area contributed by atoms with Crippen molar-refractivity contribution >= 4 is 21.6 Å². The monoisotopic (exact) mass is 434 g/mol. The van der Waals surface area contributed by atoms with Crippen molar-refractivity contribution in [2.75, 3.05) is 12.3 Å². The molecule has 0 heterocycles. The van der Waals surface area contributed by atoms with Crippen LogP contribution in [0.1, 0.15) is 61.6 Å². The Morgan fingerprint density at radius 2 is 1.90 bits per heavy atom. The minimum Gasteiger partial charge on any atom is -0.330 e. The van der Waals surface area contributed by atoms with E-state index in [0.717, 1.165) is 29.8 Å². The zero-order chi connectivity index (χ0) is 20.9. The van der Waals surface area contributed by atoms with E-state index in [-0.39, 0.29) is 17.1 Å². The highest BCUT2D eigenvalue weighted by Gasteiger charge is 2.45. The van der Waals surface area contributed by atoms with Crippen molar-refractivity contribution in [1.82, 2.24) is 4.72 Å². The summed E-state index contributed by atoms with van der Waals surface area (Å²) in [6.45, 7) is 2.85. The molecule has 3 N–H and O–H groups in total. The molecule has 1 atom stereocenters. The average Bonchev–Trinajstić information content (AvgIpc) is 2.69. The summed E-state index contributed by atoms with van der Waals surface area (Å²) >= 11 is 6.10. The molecule has 0 amide bonds. The number of halogens is 1. The third kappa shape index (κ3) is 5.21. The first kappa shape index (κ1) is 22.3. The number of rotatable bonds is 10. The van der Waals surface area contributed by atoms with Gasteiger partial charge < -0.3 is 5.73 Å². The van der Waals surface area contributed by atoms with Crippen molar-refractivity contribution in [1.29, 1.82) is 0 Å². The lowest BCUT2D eigenvalue weighted by Crippen LogP contribution is -2.43. The second kappa shape index (κ2) is 9.61. The molecule has 1 aliphatic carbocycles. The maximum atomic E-state index is 12.1. The Labute approximate surface area is 179 Å². The fourth-order valence-corrected chi connectivity index (χ4v) is 5.70. The summed E-state index contributed by atoms with van der Waals surface area (Å²) in [6.07, 6.45) is 4.93. The van der Waals surface area contributed by atoms with Crippen LogP contribution >= 0.6 is 11.6 Å². The van der Waals surface area contributed by atoms with E-state index in [9.17, 15) is 8.42 Å². The lowest BCUT2D eigenvalue weighted by atomic mass is 9.56. The summed E-state index contributed by atoms with van der Waals surface area (Å²) in [5, 5.41) is 0.741. The van der Waals surface area contributed by atoms with Gasteiger partial charge in [-0.3, -0.25) is 0 Å². The smallest absolute Gasteiger partial charge is 0.211 e. The fourth-order valence-electron chi connectivity index (χ4n) is 4.38. The summed E-state index contributed by atoms with van der Waals surface area (Å²) < 4.78 is 27.0. The van der Waals surface area contributed by atoms with Gasteiger partial charge in [-0.2, -0.15) is 0 Å². The zero-order valence-corrected chi connectivity index (χ0v) is 18.6. The number of sulfonamides is 1. The molecule has 1 aliphatic rings. The first-order chi connectivity index (χ1) is 13.9. The van der Waals surface area contributed by atoms with E-state index in [0.29, 0.717) is 19.5 Å². The van der Waals surface area contributed by atoms with Crippen molar-refractivity contribution in [2.45, 2.75) is 56.9 Å². The van der Waals surface area contributed by atoms with Crippen LogP contribution in [0.4, 0.5) is 0 Å². The normalized spacial score (nSPS) is 16.9. The number of nitrogens with two attached hydrogens (primary N) is 1. The van der Waals surface area contributed by atoms with E-state index < -0.39 is 10.0 Å². The molecule has 6 heteroatoms. The van der Waals surface area contributed by atoms with Crippen LogP contribution in [0.25, 0.3) is 0 Å². The minimum atomic E-state index is -3.24. The van der Waals surface area contributed by atoms with Gasteiger partial charge in [0.05, 0.1) is 5.75 Å². The van der Waals surface area contributed by atoms with Crippen LogP contribution in [0, 0.1) is 0 Å². The van der Waals surface area contributed by atoms with Gasteiger partial charge in [-0.05, 0) is 48.1 Å². The minimum absolute atomic E-state index is 0.0264. The fraction of sp³-hybridized carbons (Fsp3) is 0.478. The highest BCUT2D eigenvalue weighted by molar-refractivity contribution is 7.89. The van der Waals surface area contributed by atoms with Gasteiger partial charge in [0, 0.05) is 29.4 Å². The highest BCUT2D eigenvalue weighted by atomic mass is 35.5. The third-order valence-electron chi connectivity index (χ3n) is 6.18. The van der Waals surface area contributed by atoms with Crippen LogP contribution in [0.3, 0.4) is 0 Å². The van der Waals surface area contributed by atoms with Crippen molar-refractivity contribution in [3.05, 3.63) is 70.2 Å². The van der Waals surface area contributed by atoms with Gasteiger partial charge in [0.25, 0.3) is 0 Å². The van der Waals surface area contributed by atoms with E-state index >= 15 is 0 Å². The van der Waals surface area contributed by atoms with Crippen LogP contribution in [0.2, 0.25) is 5.02 Å². The second-order valence-corrected chi connectivity index (χ2v) is 10.4. The Balaban J connectivity index is 1.81. The Hall–Kier alpha value is -1.40. The molecule has 0 bridgehead atoms. The molecule has 1 fully saturated rings. The molecular weight excluding hydrogens is 404 g/mol. The molecule has 4 nitrogen and oxygen atoms in total. The SMILES string of the molecule is CCCCS(=O)(=O)NCc1cccc(C(CN)C2(c3ccc(Cl)cc3)CCC2)c1. The number of unbranched alkanes of at least 4 members (excludes halogenated alkanes) is 1. The van der Waals surface area contributed by atoms with E-state index in [1.807, 2.05) is 31.2 Å². The maximum Gasteiger partial charge on any atom is 0.211 e.